The molecule has 0 aliphatic heterocycles. The Balaban J connectivity index is 2.19. The molecule has 2 heteroatoms. The van der Waals surface area contributed by atoms with E-state index < -0.39 is 0 Å². The van der Waals surface area contributed by atoms with E-state index in [1.165, 1.54) is 77.0 Å². The maximum atomic E-state index is 11.7. The molecular formula is C20H36O2. The van der Waals surface area contributed by atoms with Crippen LogP contribution in [0.3, 0.4) is 0 Å². The van der Waals surface area contributed by atoms with Crippen molar-refractivity contribution in [1.29, 1.82) is 0 Å². The van der Waals surface area contributed by atoms with Crippen molar-refractivity contribution in [2.24, 2.45) is 0 Å². The lowest BCUT2D eigenvalue weighted by atomic mass is 10.0. The van der Waals surface area contributed by atoms with Crippen LogP contribution in [0.25, 0.3) is 0 Å². The lowest BCUT2D eigenvalue weighted by Gasteiger charge is -2.05. The Hall–Kier alpha value is -0.660. The zero-order valence-corrected chi connectivity index (χ0v) is 14.5. The van der Waals surface area contributed by atoms with Crippen LogP contribution < -0.4 is 0 Å². The maximum Gasteiger partial charge on any atom is 0.198 e. The molecule has 0 spiro atoms. The Bertz CT molecular complexity index is 266. The van der Waals surface area contributed by atoms with Crippen LogP contribution in [0.4, 0.5) is 0 Å². The number of carbonyl (C=O) groups excluding carboxylic acids is 2. The van der Waals surface area contributed by atoms with Gasteiger partial charge in [0, 0.05) is 12.8 Å². The van der Waals surface area contributed by atoms with Crippen LogP contribution in [0.1, 0.15) is 116 Å². The molecule has 1 rings (SSSR count). The van der Waals surface area contributed by atoms with E-state index >= 15 is 0 Å². The van der Waals surface area contributed by atoms with E-state index in [4.69, 9.17) is 0 Å². The first-order valence-corrected chi connectivity index (χ1v) is 9.87. The Morgan fingerprint density at radius 2 is 0.500 bits per heavy atom. The van der Waals surface area contributed by atoms with Crippen molar-refractivity contribution >= 4 is 11.6 Å². The quantitative estimate of drug-likeness (QED) is 0.502. The van der Waals surface area contributed by atoms with Crippen molar-refractivity contribution in [2.75, 3.05) is 0 Å². The second-order valence-electron chi connectivity index (χ2n) is 7.00. The van der Waals surface area contributed by atoms with Crippen LogP contribution in [-0.2, 0) is 9.59 Å². The normalized spacial score (nSPS) is 23.1. The predicted octanol–water partition coefficient (Wildman–Crippen LogP) is 6.16. The molecule has 0 unspecified atom stereocenters. The fourth-order valence-electron chi connectivity index (χ4n) is 3.32. The molecule has 0 N–H and O–H groups in total. The minimum atomic E-state index is -0.116. The standard InChI is InChI=1S/C20H36O2/c21-19-17-15-13-11-9-7-5-3-1-2-4-6-8-10-12-14-16-18-20(19)22/h1-18H2. The summed E-state index contributed by atoms with van der Waals surface area (Å²) in [4.78, 5) is 23.5. The fraction of sp³-hybridized carbons (Fsp3) is 0.900. The Kier molecular flexibility index (Phi) is 12.3. The number of carbonyl (C=O) groups is 2. The van der Waals surface area contributed by atoms with E-state index in [9.17, 15) is 9.59 Å². The highest BCUT2D eigenvalue weighted by Gasteiger charge is 2.12. The summed E-state index contributed by atoms with van der Waals surface area (Å²) in [6.45, 7) is 0. The molecule has 0 aromatic heterocycles. The minimum Gasteiger partial charge on any atom is -0.291 e. The molecule has 2 nitrogen and oxygen atoms in total. The molecule has 0 saturated heterocycles. The van der Waals surface area contributed by atoms with Gasteiger partial charge in [-0.3, -0.25) is 9.59 Å². The molecule has 0 radical (unpaired) electrons. The maximum absolute atomic E-state index is 11.7. The molecular weight excluding hydrogens is 272 g/mol. The Morgan fingerprint density at radius 3 is 0.727 bits per heavy atom. The Morgan fingerprint density at radius 1 is 0.318 bits per heavy atom. The number of hydrogen-bond donors (Lipinski definition) is 0. The van der Waals surface area contributed by atoms with Crippen LogP contribution in [0.5, 0.6) is 0 Å². The summed E-state index contributed by atoms with van der Waals surface area (Å²) in [6, 6.07) is 0. The van der Waals surface area contributed by atoms with Crippen molar-refractivity contribution in [1.82, 2.24) is 0 Å². The van der Waals surface area contributed by atoms with Gasteiger partial charge in [0.2, 0.25) is 0 Å². The van der Waals surface area contributed by atoms with Gasteiger partial charge in [-0.25, -0.2) is 0 Å². The lowest BCUT2D eigenvalue weighted by molar-refractivity contribution is -0.136. The minimum absolute atomic E-state index is 0.116. The highest BCUT2D eigenvalue weighted by Crippen LogP contribution is 2.15. The molecule has 0 amide bonds. The van der Waals surface area contributed by atoms with Gasteiger partial charge in [0.05, 0.1) is 0 Å². The smallest absolute Gasteiger partial charge is 0.198 e. The molecule has 0 aromatic carbocycles. The topological polar surface area (TPSA) is 34.1 Å². The van der Waals surface area contributed by atoms with Crippen LogP contribution in [0, 0.1) is 0 Å². The van der Waals surface area contributed by atoms with E-state index in [0.717, 1.165) is 25.7 Å². The van der Waals surface area contributed by atoms with E-state index in [1.807, 2.05) is 0 Å². The summed E-state index contributed by atoms with van der Waals surface area (Å²) in [5.74, 6) is -0.233. The molecule has 128 valence electrons. The van der Waals surface area contributed by atoms with Crippen molar-refractivity contribution in [2.45, 2.75) is 116 Å². The van der Waals surface area contributed by atoms with Gasteiger partial charge in [-0.1, -0.05) is 89.9 Å². The van der Waals surface area contributed by atoms with Gasteiger partial charge in [0.1, 0.15) is 0 Å². The number of rotatable bonds is 0. The first kappa shape index (κ1) is 19.4. The zero-order chi connectivity index (χ0) is 15.9. The first-order valence-electron chi connectivity index (χ1n) is 9.87. The van der Waals surface area contributed by atoms with Gasteiger partial charge >= 0.3 is 0 Å². The van der Waals surface area contributed by atoms with E-state index in [-0.39, 0.29) is 11.6 Å². The molecule has 0 heterocycles. The highest BCUT2D eigenvalue weighted by atomic mass is 16.2. The summed E-state index contributed by atoms with van der Waals surface area (Å²) in [6.07, 6.45) is 21.1. The monoisotopic (exact) mass is 308 g/mol. The van der Waals surface area contributed by atoms with Crippen molar-refractivity contribution < 1.29 is 9.59 Å². The first-order chi connectivity index (χ1) is 10.8. The summed E-state index contributed by atoms with van der Waals surface area (Å²) in [7, 11) is 0. The van der Waals surface area contributed by atoms with Gasteiger partial charge in [-0.15, -0.1) is 0 Å². The van der Waals surface area contributed by atoms with E-state index in [0.29, 0.717) is 12.8 Å². The van der Waals surface area contributed by atoms with Crippen LogP contribution >= 0.6 is 0 Å². The van der Waals surface area contributed by atoms with Gasteiger partial charge in [0.15, 0.2) is 11.6 Å². The summed E-state index contributed by atoms with van der Waals surface area (Å²) in [5, 5.41) is 0. The predicted molar refractivity (Wildman–Crippen MR) is 93.1 cm³/mol. The average molecular weight is 309 g/mol. The molecule has 1 saturated carbocycles. The van der Waals surface area contributed by atoms with E-state index in [1.54, 1.807) is 0 Å². The van der Waals surface area contributed by atoms with Crippen molar-refractivity contribution in [3.63, 3.8) is 0 Å². The summed E-state index contributed by atoms with van der Waals surface area (Å²) < 4.78 is 0. The van der Waals surface area contributed by atoms with Crippen molar-refractivity contribution in [3.8, 4) is 0 Å². The fourth-order valence-corrected chi connectivity index (χ4v) is 3.32. The molecule has 1 fully saturated rings. The number of hydrogen-bond acceptors (Lipinski definition) is 2. The third kappa shape index (κ3) is 11.0. The largest absolute Gasteiger partial charge is 0.291 e. The van der Waals surface area contributed by atoms with Crippen molar-refractivity contribution in [3.05, 3.63) is 0 Å². The molecule has 22 heavy (non-hydrogen) atoms. The lowest BCUT2D eigenvalue weighted by Crippen LogP contribution is -2.13. The SMILES string of the molecule is O=C1CCCCCCCCCCCCCCCCCCC1=O. The number of Topliss-reactive ketones (excluding diaryl/α,β-unsaturated/α-hetero) is 2. The molecule has 0 bridgehead atoms. The molecule has 0 atom stereocenters. The van der Waals surface area contributed by atoms with E-state index in [2.05, 4.69) is 0 Å². The van der Waals surface area contributed by atoms with Gasteiger partial charge < -0.3 is 0 Å². The third-order valence-corrected chi connectivity index (χ3v) is 4.87. The summed E-state index contributed by atoms with van der Waals surface area (Å²) in [5.41, 5.74) is 0. The van der Waals surface area contributed by atoms with Crippen LogP contribution in [-0.4, -0.2) is 11.6 Å². The second-order valence-corrected chi connectivity index (χ2v) is 7.00. The summed E-state index contributed by atoms with van der Waals surface area (Å²) >= 11 is 0. The zero-order valence-electron chi connectivity index (χ0n) is 14.5. The van der Waals surface area contributed by atoms with Gasteiger partial charge in [-0.2, -0.15) is 0 Å². The highest BCUT2D eigenvalue weighted by molar-refractivity contribution is 6.37. The van der Waals surface area contributed by atoms with Gasteiger partial charge in [0.25, 0.3) is 0 Å². The molecule has 1 aliphatic carbocycles. The van der Waals surface area contributed by atoms with Crippen LogP contribution in [0.2, 0.25) is 0 Å². The third-order valence-electron chi connectivity index (χ3n) is 4.87. The second kappa shape index (κ2) is 14.0. The van der Waals surface area contributed by atoms with Crippen LogP contribution in [0.15, 0.2) is 0 Å². The average Bonchev–Trinajstić information content (AvgIpc) is 2.52. The van der Waals surface area contributed by atoms with Gasteiger partial charge in [-0.05, 0) is 12.8 Å². The number of ketones is 2. The Labute approximate surface area is 137 Å². The molecule has 1 aliphatic rings. The molecule has 0 aromatic rings.